The summed E-state index contributed by atoms with van der Waals surface area (Å²) in [6, 6.07) is 6.80. The fourth-order valence-electron chi connectivity index (χ4n) is 4.67. The fraction of sp³-hybridized carbons (Fsp3) is 0.333. The van der Waals surface area contributed by atoms with E-state index in [1.165, 1.54) is 22.3 Å². The van der Waals surface area contributed by atoms with Crippen LogP contribution < -0.4 is 10.0 Å². The third-order valence-corrected chi connectivity index (χ3v) is 7.72. The third-order valence-electron chi connectivity index (χ3n) is 5.90. The van der Waals surface area contributed by atoms with Crippen LogP contribution in [0.2, 0.25) is 0 Å². The van der Waals surface area contributed by atoms with Crippen molar-refractivity contribution < 1.29 is 13.8 Å². The van der Waals surface area contributed by atoms with Crippen molar-refractivity contribution in [3.63, 3.8) is 0 Å². The zero-order chi connectivity index (χ0) is 19.5. The number of carbonyl (C=O) groups is 2. The molecular weight excluding hydrogens is 374 g/mol. The topological polar surface area (TPSA) is 87.6 Å². The molecule has 3 amide bonds. The highest BCUT2D eigenvalue weighted by atomic mass is 32.2. The summed E-state index contributed by atoms with van der Waals surface area (Å²) in [7, 11) is -3.32. The molecule has 1 atom stereocenters. The summed E-state index contributed by atoms with van der Waals surface area (Å²) < 4.78 is 19.6. The number of anilines is 1. The summed E-state index contributed by atoms with van der Waals surface area (Å²) in [5.74, 6) is -0.542. The monoisotopic (exact) mass is 395 g/mol. The van der Waals surface area contributed by atoms with E-state index < -0.39 is 21.9 Å². The molecule has 1 unspecified atom stereocenters. The van der Waals surface area contributed by atoms with Crippen LogP contribution in [0, 0.1) is 6.92 Å². The van der Waals surface area contributed by atoms with Crippen LogP contribution in [0.25, 0.3) is 0 Å². The Morgan fingerprint density at radius 1 is 1.07 bits per heavy atom. The van der Waals surface area contributed by atoms with Crippen LogP contribution >= 0.6 is 0 Å². The van der Waals surface area contributed by atoms with Gasteiger partial charge in [-0.1, -0.05) is 18.2 Å². The first-order chi connectivity index (χ1) is 13.5. The van der Waals surface area contributed by atoms with Gasteiger partial charge in [0.15, 0.2) is 9.92 Å². The van der Waals surface area contributed by atoms with Crippen molar-refractivity contribution in [2.75, 3.05) is 5.32 Å². The summed E-state index contributed by atoms with van der Waals surface area (Å²) >= 11 is 0. The quantitative estimate of drug-likeness (QED) is 0.813. The van der Waals surface area contributed by atoms with Crippen LogP contribution in [0.5, 0.6) is 0 Å². The lowest BCUT2D eigenvalue weighted by molar-refractivity contribution is 0.100. The second kappa shape index (κ2) is 6.17. The lowest BCUT2D eigenvalue weighted by Gasteiger charge is -2.17. The van der Waals surface area contributed by atoms with Crippen molar-refractivity contribution >= 4 is 27.5 Å². The van der Waals surface area contributed by atoms with E-state index in [-0.39, 0.29) is 4.90 Å². The molecule has 1 heterocycles. The van der Waals surface area contributed by atoms with E-state index in [0.717, 1.165) is 44.2 Å². The molecule has 0 aromatic heterocycles. The Morgan fingerprint density at radius 3 is 2.43 bits per heavy atom. The summed E-state index contributed by atoms with van der Waals surface area (Å²) in [4.78, 5) is 25.3. The van der Waals surface area contributed by atoms with Gasteiger partial charge in [-0.05, 0) is 79.3 Å². The molecule has 5 rings (SSSR count). The first kappa shape index (κ1) is 17.4. The number of benzene rings is 2. The van der Waals surface area contributed by atoms with Gasteiger partial charge in [-0.15, -0.1) is 4.36 Å². The molecule has 3 aliphatic rings. The average Bonchev–Trinajstić information content (AvgIpc) is 3.34. The van der Waals surface area contributed by atoms with Crippen LogP contribution in [0.3, 0.4) is 0 Å². The fourth-order valence-corrected chi connectivity index (χ4v) is 6.34. The highest BCUT2D eigenvalue weighted by Gasteiger charge is 2.32. The molecule has 1 aliphatic heterocycles. The van der Waals surface area contributed by atoms with Crippen LogP contribution in [-0.4, -0.2) is 16.1 Å². The average molecular weight is 395 g/mol. The molecule has 2 N–H and O–H groups in total. The van der Waals surface area contributed by atoms with Crippen molar-refractivity contribution in [2.45, 2.75) is 50.3 Å². The lowest BCUT2D eigenvalue weighted by atomic mass is 9.99. The van der Waals surface area contributed by atoms with Gasteiger partial charge in [-0.2, -0.15) is 0 Å². The maximum atomic E-state index is 13.3. The first-order valence-corrected chi connectivity index (χ1v) is 11.1. The zero-order valence-corrected chi connectivity index (χ0v) is 16.4. The van der Waals surface area contributed by atoms with Crippen LogP contribution in [0.15, 0.2) is 33.5 Å². The molecule has 7 heteroatoms. The molecule has 2 aromatic carbocycles. The van der Waals surface area contributed by atoms with Crippen molar-refractivity contribution in [3.8, 4) is 0 Å². The van der Waals surface area contributed by atoms with Gasteiger partial charge in [-0.25, -0.2) is 13.7 Å². The van der Waals surface area contributed by atoms with Gasteiger partial charge in [-0.3, -0.25) is 4.79 Å². The van der Waals surface area contributed by atoms with Crippen LogP contribution in [0.1, 0.15) is 51.0 Å². The van der Waals surface area contributed by atoms with E-state index in [2.05, 4.69) is 20.5 Å². The molecule has 6 nitrogen and oxygen atoms in total. The number of urea groups is 1. The highest BCUT2D eigenvalue weighted by molar-refractivity contribution is 7.93. The number of nitrogens with one attached hydrogen (secondary N) is 2. The van der Waals surface area contributed by atoms with Crippen LogP contribution in [-0.2, 0) is 35.6 Å². The second-order valence-corrected chi connectivity index (χ2v) is 9.54. The molecule has 0 spiro atoms. The van der Waals surface area contributed by atoms with Crippen molar-refractivity contribution in [1.82, 2.24) is 4.72 Å². The number of hydrogen-bond acceptors (Lipinski definition) is 3. The van der Waals surface area contributed by atoms with Gasteiger partial charge in [0.25, 0.3) is 5.91 Å². The summed E-state index contributed by atoms with van der Waals surface area (Å²) in [5.41, 5.74) is 6.91. The molecule has 0 radical (unpaired) electrons. The van der Waals surface area contributed by atoms with Gasteiger partial charge in [0.1, 0.15) is 0 Å². The molecule has 0 saturated carbocycles. The number of rotatable bonds is 2. The van der Waals surface area contributed by atoms with Gasteiger partial charge in [0.2, 0.25) is 0 Å². The van der Waals surface area contributed by atoms with E-state index in [1.807, 2.05) is 0 Å². The Morgan fingerprint density at radius 2 is 1.75 bits per heavy atom. The molecule has 0 fully saturated rings. The molecule has 2 aromatic rings. The molecule has 2 aliphatic carbocycles. The van der Waals surface area contributed by atoms with Crippen molar-refractivity contribution in [3.05, 3.63) is 57.6 Å². The molecule has 28 heavy (non-hydrogen) atoms. The number of carbonyl (C=O) groups excluding carboxylic acids is 2. The predicted molar refractivity (Wildman–Crippen MR) is 107 cm³/mol. The number of nitrogens with zero attached hydrogens (tertiary/aromatic N) is 1. The highest BCUT2D eigenvalue weighted by Crippen LogP contribution is 2.38. The normalized spacial score (nSPS) is 21.7. The summed E-state index contributed by atoms with van der Waals surface area (Å²) in [6.45, 7) is 1.77. The Hall–Kier alpha value is -2.67. The first-order valence-electron chi connectivity index (χ1n) is 9.62. The molecular formula is C21H21N3O3S. The second-order valence-electron chi connectivity index (χ2n) is 7.66. The van der Waals surface area contributed by atoms with E-state index in [4.69, 9.17) is 0 Å². The minimum Gasteiger partial charge on any atom is -0.307 e. The maximum Gasteiger partial charge on any atom is 0.331 e. The number of fused-ring (bicyclic) bond motifs is 3. The van der Waals surface area contributed by atoms with Crippen molar-refractivity contribution in [2.24, 2.45) is 4.36 Å². The van der Waals surface area contributed by atoms with Crippen molar-refractivity contribution in [1.29, 1.82) is 0 Å². The predicted octanol–water partition coefficient (Wildman–Crippen LogP) is 3.69. The number of aryl methyl sites for hydroxylation is 3. The molecule has 144 valence electrons. The van der Waals surface area contributed by atoms with Crippen LogP contribution in [0.4, 0.5) is 10.5 Å². The van der Waals surface area contributed by atoms with Gasteiger partial charge in [0, 0.05) is 5.69 Å². The Balaban J connectivity index is 1.48. The Labute approximate surface area is 164 Å². The Kier molecular flexibility index (Phi) is 3.84. The zero-order valence-electron chi connectivity index (χ0n) is 15.6. The minimum absolute atomic E-state index is 0.288. The minimum atomic E-state index is -3.32. The molecule has 0 saturated heterocycles. The summed E-state index contributed by atoms with van der Waals surface area (Å²) in [6.07, 6.45) is 6.12. The molecule has 0 bridgehead atoms. The lowest BCUT2D eigenvalue weighted by Crippen LogP contribution is -2.34. The van der Waals surface area contributed by atoms with Gasteiger partial charge < -0.3 is 5.32 Å². The Bertz CT molecular complexity index is 1140. The van der Waals surface area contributed by atoms with E-state index in [1.54, 1.807) is 25.1 Å². The largest absolute Gasteiger partial charge is 0.331 e. The van der Waals surface area contributed by atoms with E-state index in [0.29, 0.717) is 11.1 Å². The standard InChI is InChI=1S/C21H21N3O3S/c1-12-5-2-10-17-18(12)20(25)23-28(17,27)24-21(26)22-19-15-8-3-6-13(15)11-14-7-4-9-16(14)19/h2,5,10-11H,3-4,6-9H2,1H3,(H2,22,23,24,25,26,27). The smallest absolute Gasteiger partial charge is 0.307 e. The third kappa shape index (κ3) is 2.57. The SMILES string of the molecule is Cc1cccc2c1C(=O)N=S2(=O)NC(=O)Nc1c2c(cc3c1CCC3)CCC2. The van der Waals surface area contributed by atoms with E-state index >= 15 is 0 Å². The number of amides is 3. The van der Waals surface area contributed by atoms with Gasteiger partial charge in [0.05, 0.1) is 10.5 Å². The van der Waals surface area contributed by atoms with E-state index in [9.17, 15) is 13.8 Å². The maximum absolute atomic E-state index is 13.3. The number of hydrogen-bond donors (Lipinski definition) is 2. The van der Waals surface area contributed by atoms with Gasteiger partial charge >= 0.3 is 6.03 Å². The summed E-state index contributed by atoms with van der Waals surface area (Å²) in [5, 5.41) is 2.95.